The molecule has 3 heteroatoms. The van der Waals surface area contributed by atoms with E-state index in [0.717, 1.165) is 16.0 Å². The van der Waals surface area contributed by atoms with E-state index >= 15 is 0 Å². The highest BCUT2D eigenvalue weighted by Gasteiger charge is 2.12. The standard InChI is InChI=1S/C12H16N2S/c1-6(2)11-14-10-8(4)7(3)9(5)13-12(10)15-11/h6H,1-5H3. The molecule has 2 aromatic heterocycles. The molecule has 0 atom stereocenters. The first-order valence-electron chi connectivity index (χ1n) is 5.25. The van der Waals surface area contributed by atoms with E-state index in [0.29, 0.717) is 5.92 Å². The molecule has 0 aromatic carbocycles. The van der Waals surface area contributed by atoms with E-state index < -0.39 is 0 Å². The smallest absolute Gasteiger partial charge is 0.144 e. The minimum Gasteiger partial charge on any atom is -0.240 e. The second-order valence-electron chi connectivity index (χ2n) is 4.31. The number of aromatic nitrogens is 2. The Balaban J connectivity index is 2.76. The number of fused-ring (bicyclic) bond motifs is 1. The van der Waals surface area contributed by atoms with Gasteiger partial charge in [-0.1, -0.05) is 25.2 Å². The SMILES string of the molecule is Cc1nc2sc(C(C)C)nc2c(C)c1C. The zero-order valence-electron chi connectivity index (χ0n) is 9.88. The maximum absolute atomic E-state index is 4.67. The van der Waals surface area contributed by atoms with Crippen molar-refractivity contribution < 1.29 is 0 Å². The Morgan fingerprint density at radius 2 is 1.67 bits per heavy atom. The van der Waals surface area contributed by atoms with E-state index in [1.54, 1.807) is 11.3 Å². The molecule has 0 bridgehead atoms. The zero-order chi connectivity index (χ0) is 11.2. The van der Waals surface area contributed by atoms with E-state index in [1.165, 1.54) is 16.1 Å². The van der Waals surface area contributed by atoms with E-state index in [1.807, 2.05) is 0 Å². The first kappa shape index (κ1) is 10.6. The van der Waals surface area contributed by atoms with Crippen LogP contribution in [-0.4, -0.2) is 9.97 Å². The second-order valence-corrected chi connectivity index (χ2v) is 5.32. The molecule has 0 amide bonds. The second kappa shape index (κ2) is 3.56. The molecular weight excluding hydrogens is 204 g/mol. The fraction of sp³-hybridized carbons (Fsp3) is 0.500. The lowest BCUT2D eigenvalue weighted by molar-refractivity contribution is 0.856. The number of hydrogen-bond acceptors (Lipinski definition) is 3. The highest BCUT2D eigenvalue weighted by molar-refractivity contribution is 7.18. The van der Waals surface area contributed by atoms with Crippen LogP contribution in [0.2, 0.25) is 0 Å². The molecule has 15 heavy (non-hydrogen) atoms. The molecule has 0 aliphatic carbocycles. The minimum atomic E-state index is 0.490. The zero-order valence-corrected chi connectivity index (χ0v) is 10.7. The quantitative estimate of drug-likeness (QED) is 0.731. The summed E-state index contributed by atoms with van der Waals surface area (Å²) in [4.78, 5) is 10.3. The Bertz CT molecular complexity index is 512. The van der Waals surface area contributed by atoms with Crippen LogP contribution in [0.3, 0.4) is 0 Å². The lowest BCUT2D eigenvalue weighted by Gasteiger charge is -2.02. The first-order valence-corrected chi connectivity index (χ1v) is 6.06. The summed E-state index contributed by atoms with van der Waals surface area (Å²) >= 11 is 1.72. The first-order chi connectivity index (χ1) is 7.00. The summed E-state index contributed by atoms with van der Waals surface area (Å²) in [6.45, 7) is 10.7. The fourth-order valence-electron chi connectivity index (χ4n) is 1.58. The van der Waals surface area contributed by atoms with Gasteiger partial charge in [0.15, 0.2) is 0 Å². The average molecular weight is 220 g/mol. The highest BCUT2D eigenvalue weighted by Crippen LogP contribution is 2.29. The molecule has 0 unspecified atom stereocenters. The third kappa shape index (κ3) is 1.65. The normalized spacial score (nSPS) is 11.6. The van der Waals surface area contributed by atoms with Gasteiger partial charge in [0.25, 0.3) is 0 Å². The van der Waals surface area contributed by atoms with Gasteiger partial charge in [-0.2, -0.15) is 0 Å². The summed E-state index contributed by atoms with van der Waals surface area (Å²) in [5.74, 6) is 0.490. The van der Waals surface area contributed by atoms with Crippen LogP contribution < -0.4 is 0 Å². The molecule has 2 heterocycles. The van der Waals surface area contributed by atoms with Crippen LogP contribution >= 0.6 is 11.3 Å². The van der Waals surface area contributed by atoms with Crippen molar-refractivity contribution in [3.8, 4) is 0 Å². The van der Waals surface area contributed by atoms with Crippen molar-refractivity contribution in [2.75, 3.05) is 0 Å². The van der Waals surface area contributed by atoms with E-state index in [9.17, 15) is 0 Å². The van der Waals surface area contributed by atoms with Gasteiger partial charge in [-0.15, -0.1) is 0 Å². The van der Waals surface area contributed by atoms with E-state index in [4.69, 9.17) is 0 Å². The molecule has 0 saturated heterocycles. The number of nitrogens with zero attached hydrogens (tertiary/aromatic N) is 2. The van der Waals surface area contributed by atoms with Gasteiger partial charge in [0.05, 0.1) is 5.01 Å². The van der Waals surface area contributed by atoms with Gasteiger partial charge in [0.2, 0.25) is 0 Å². The van der Waals surface area contributed by atoms with Crippen molar-refractivity contribution in [1.29, 1.82) is 0 Å². The Morgan fingerprint density at radius 1 is 1.00 bits per heavy atom. The number of rotatable bonds is 1. The largest absolute Gasteiger partial charge is 0.240 e. The van der Waals surface area contributed by atoms with Gasteiger partial charge in [0.1, 0.15) is 10.3 Å². The van der Waals surface area contributed by atoms with Crippen LogP contribution in [0, 0.1) is 20.8 Å². The molecule has 2 rings (SSSR count). The van der Waals surface area contributed by atoms with Crippen LogP contribution in [0.4, 0.5) is 0 Å². The Kier molecular flexibility index (Phi) is 2.51. The number of hydrogen-bond donors (Lipinski definition) is 0. The van der Waals surface area contributed by atoms with E-state index in [-0.39, 0.29) is 0 Å². The predicted octanol–water partition coefficient (Wildman–Crippen LogP) is 3.74. The number of thiazole rings is 1. The molecule has 0 saturated carbocycles. The number of pyridine rings is 1. The molecule has 0 aliphatic rings. The van der Waals surface area contributed by atoms with Gasteiger partial charge in [-0.3, -0.25) is 0 Å². The lowest BCUT2D eigenvalue weighted by atomic mass is 10.1. The van der Waals surface area contributed by atoms with Gasteiger partial charge < -0.3 is 0 Å². The summed E-state index contributed by atoms with van der Waals surface area (Å²) in [6, 6.07) is 0. The summed E-state index contributed by atoms with van der Waals surface area (Å²) in [5.41, 5.74) is 4.76. The third-order valence-electron chi connectivity index (χ3n) is 2.85. The van der Waals surface area contributed by atoms with Crippen LogP contribution in [0.15, 0.2) is 0 Å². The molecule has 0 N–H and O–H groups in total. The molecule has 0 aliphatic heterocycles. The van der Waals surface area contributed by atoms with Crippen LogP contribution in [0.5, 0.6) is 0 Å². The van der Waals surface area contributed by atoms with Crippen molar-refractivity contribution in [3.05, 3.63) is 21.8 Å². The van der Waals surface area contributed by atoms with Crippen LogP contribution in [0.25, 0.3) is 10.3 Å². The van der Waals surface area contributed by atoms with Crippen molar-refractivity contribution in [3.63, 3.8) is 0 Å². The van der Waals surface area contributed by atoms with Crippen LogP contribution in [-0.2, 0) is 0 Å². The van der Waals surface area contributed by atoms with Gasteiger partial charge in [-0.25, -0.2) is 9.97 Å². The summed E-state index contributed by atoms with van der Waals surface area (Å²) in [6.07, 6.45) is 0. The van der Waals surface area contributed by atoms with Crippen molar-refractivity contribution in [1.82, 2.24) is 9.97 Å². The Morgan fingerprint density at radius 3 is 2.27 bits per heavy atom. The lowest BCUT2D eigenvalue weighted by Crippen LogP contribution is -1.92. The summed E-state index contributed by atoms with van der Waals surface area (Å²) in [7, 11) is 0. The van der Waals surface area contributed by atoms with Crippen molar-refractivity contribution in [2.45, 2.75) is 40.5 Å². The molecular formula is C12H16N2S. The van der Waals surface area contributed by atoms with Gasteiger partial charge in [0, 0.05) is 11.6 Å². The topological polar surface area (TPSA) is 25.8 Å². The molecule has 0 radical (unpaired) electrons. The monoisotopic (exact) mass is 220 g/mol. The average Bonchev–Trinajstić information content (AvgIpc) is 2.58. The third-order valence-corrected chi connectivity index (χ3v) is 4.10. The predicted molar refractivity (Wildman–Crippen MR) is 65.7 cm³/mol. The Labute approximate surface area is 94.4 Å². The molecule has 80 valence electrons. The van der Waals surface area contributed by atoms with Crippen LogP contribution in [0.1, 0.15) is 41.6 Å². The maximum Gasteiger partial charge on any atom is 0.144 e. The molecule has 0 spiro atoms. The van der Waals surface area contributed by atoms with E-state index in [2.05, 4.69) is 44.6 Å². The molecule has 0 fully saturated rings. The van der Waals surface area contributed by atoms with Crippen molar-refractivity contribution >= 4 is 21.7 Å². The molecule has 2 nitrogen and oxygen atoms in total. The maximum atomic E-state index is 4.67. The minimum absolute atomic E-state index is 0.490. The van der Waals surface area contributed by atoms with Gasteiger partial charge >= 0.3 is 0 Å². The van der Waals surface area contributed by atoms with Gasteiger partial charge in [-0.05, 0) is 31.9 Å². The summed E-state index contributed by atoms with van der Waals surface area (Å²) < 4.78 is 0. The Hall–Kier alpha value is -0.960. The van der Waals surface area contributed by atoms with Crippen molar-refractivity contribution in [2.24, 2.45) is 0 Å². The highest BCUT2D eigenvalue weighted by atomic mass is 32.1. The summed E-state index contributed by atoms with van der Waals surface area (Å²) in [5, 5.41) is 1.19. The molecule has 2 aromatic rings. The number of aryl methyl sites for hydroxylation is 2. The fourth-order valence-corrected chi connectivity index (χ4v) is 2.63.